The summed E-state index contributed by atoms with van der Waals surface area (Å²) in [6.45, 7) is 2.21. The summed E-state index contributed by atoms with van der Waals surface area (Å²) in [5.74, 6) is -0.276. The number of hydrogen-bond acceptors (Lipinski definition) is 2. The van der Waals surface area contributed by atoms with Crippen molar-refractivity contribution in [3.8, 4) is 0 Å². The van der Waals surface area contributed by atoms with Crippen LogP contribution >= 0.6 is 0 Å². The first-order valence-electron chi connectivity index (χ1n) is 5.70. The van der Waals surface area contributed by atoms with E-state index in [2.05, 4.69) is 23.8 Å². The van der Waals surface area contributed by atoms with Gasteiger partial charge >= 0.3 is 5.97 Å². The van der Waals surface area contributed by atoms with Gasteiger partial charge in [0.05, 0.1) is 7.11 Å². The summed E-state index contributed by atoms with van der Waals surface area (Å²) < 4.78 is 4.48. The molecular formula is C13H22O2. The van der Waals surface area contributed by atoms with Gasteiger partial charge in [0, 0.05) is 6.08 Å². The average molecular weight is 210 g/mol. The van der Waals surface area contributed by atoms with Crippen LogP contribution in [0.3, 0.4) is 0 Å². The Hall–Kier alpha value is -1.05. The van der Waals surface area contributed by atoms with Crippen LogP contribution in [0.2, 0.25) is 0 Å². The maximum atomic E-state index is 10.7. The summed E-state index contributed by atoms with van der Waals surface area (Å²) in [6, 6.07) is 0. The maximum Gasteiger partial charge on any atom is 0.330 e. The summed E-state index contributed by atoms with van der Waals surface area (Å²) >= 11 is 0. The lowest BCUT2D eigenvalue weighted by Crippen LogP contribution is -1.93. The number of rotatable bonds is 8. The molecule has 0 aromatic rings. The second-order valence-corrected chi connectivity index (χ2v) is 3.47. The Labute approximate surface area is 93.0 Å². The molecule has 0 fully saturated rings. The highest BCUT2D eigenvalue weighted by Gasteiger charge is 1.88. The van der Waals surface area contributed by atoms with E-state index in [0.717, 1.165) is 12.8 Å². The van der Waals surface area contributed by atoms with Crippen molar-refractivity contribution in [1.29, 1.82) is 0 Å². The van der Waals surface area contributed by atoms with E-state index in [1.54, 1.807) is 0 Å². The van der Waals surface area contributed by atoms with Crippen LogP contribution in [0, 0.1) is 0 Å². The number of ether oxygens (including phenoxy) is 1. The van der Waals surface area contributed by atoms with Crippen LogP contribution < -0.4 is 0 Å². The lowest BCUT2D eigenvalue weighted by molar-refractivity contribution is -0.134. The van der Waals surface area contributed by atoms with Gasteiger partial charge in [-0.05, 0) is 25.7 Å². The molecule has 0 heterocycles. The van der Waals surface area contributed by atoms with Crippen LogP contribution in [0.1, 0.15) is 45.4 Å². The molecule has 0 aromatic heterocycles. The van der Waals surface area contributed by atoms with Crippen molar-refractivity contribution < 1.29 is 9.53 Å². The molecule has 2 nitrogen and oxygen atoms in total. The normalized spacial score (nSPS) is 11.3. The van der Waals surface area contributed by atoms with Crippen molar-refractivity contribution in [3.05, 3.63) is 24.3 Å². The minimum absolute atomic E-state index is 0.276. The second-order valence-electron chi connectivity index (χ2n) is 3.47. The standard InChI is InChI=1S/C13H22O2/c1-3-4-5-6-7-8-9-10-11-12-13(14)15-2/h7-8,11-12H,3-6,9-10H2,1-2H3/b8-7+,12-11+. The van der Waals surface area contributed by atoms with Gasteiger partial charge in [-0.2, -0.15) is 0 Å². The zero-order valence-corrected chi connectivity index (χ0v) is 9.87. The monoisotopic (exact) mass is 210 g/mol. The van der Waals surface area contributed by atoms with Gasteiger partial charge in [0.2, 0.25) is 0 Å². The molecule has 0 N–H and O–H groups in total. The molecule has 0 saturated carbocycles. The SMILES string of the molecule is CCCCC/C=C/CC/C=C/C(=O)OC. The first-order chi connectivity index (χ1) is 7.31. The Morgan fingerprint density at radius 1 is 1.07 bits per heavy atom. The Balaban J connectivity index is 3.30. The summed E-state index contributed by atoms with van der Waals surface area (Å²) in [7, 11) is 1.39. The topological polar surface area (TPSA) is 26.3 Å². The van der Waals surface area contributed by atoms with E-state index < -0.39 is 0 Å². The van der Waals surface area contributed by atoms with Gasteiger partial charge < -0.3 is 4.74 Å². The Kier molecular flexibility index (Phi) is 10.3. The van der Waals surface area contributed by atoms with E-state index >= 15 is 0 Å². The lowest BCUT2D eigenvalue weighted by Gasteiger charge is -1.92. The van der Waals surface area contributed by atoms with Crippen LogP contribution in [0.15, 0.2) is 24.3 Å². The molecule has 0 unspecified atom stereocenters. The Bertz CT molecular complexity index is 205. The number of methoxy groups -OCH3 is 1. The van der Waals surface area contributed by atoms with Gasteiger partial charge in [0.25, 0.3) is 0 Å². The molecule has 0 atom stereocenters. The quantitative estimate of drug-likeness (QED) is 0.265. The van der Waals surface area contributed by atoms with E-state index in [1.807, 2.05) is 6.08 Å². The van der Waals surface area contributed by atoms with Crippen LogP contribution in [-0.4, -0.2) is 13.1 Å². The molecule has 15 heavy (non-hydrogen) atoms. The van der Waals surface area contributed by atoms with Crippen molar-refractivity contribution in [2.45, 2.75) is 45.4 Å². The number of carbonyl (C=O) groups is 1. The molecule has 0 amide bonds. The first kappa shape index (κ1) is 13.9. The molecular weight excluding hydrogens is 188 g/mol. The van der Waals surface area contributed by atoms with Crippen LogP contribution in [0.5, 0.6) is 0 Å². The predicted molar refractivity (Wildman–Crippen MR) is 63.7 cm³/mol. The number of allylic oxidation sites excluding steroid dienone is 3. The summed E-state index contributed by atoms with van der Waals surface area (Å²) in [5, 5.41) is 0. The third-order valence-corrected chi connectivity index (χ3v) is 2.10. The molecule has 0 rings (SSSR count). The van der Waals surface area contributed by atoms with Crippen molar-refractivity contribution in [2.75, 3.05) is 7.11 Å². The molecule has 0 aliphatic heterocycles. The van der Waals surface area contributed by atoms with Gasteiger partial charge in [-0.25, -0.2) is 4.79 Å². The number of hydrogen-bond donors (Lipinski definition) is 0. The molecule has 0 spiro atoms. The van der Waals surface area contributed by atoms with Gasteiger partial charge in [0.1, 0.15) is 0 Å². The molecule has 0 aromatic carbocycles. The minimum Gasteiger partial charge on any atom is -0.466 e. The molecule has 0 aliphatic carbocycles. The van der Waals surface area contributed by atoms with Crippen LogP contribution in [0.4, 0.5) is 0 Å². The van der Waals surface area contributed by atoms with Crippen molar-refractivity contribution >= 4 is 5.97 Å². The first-order valence-corrected chi connectivity index (χ1v) is 5.70. The third-order valence-electron chi connectivity index (χ3n) is 2.10. The fourth-order valence-corrected chi connectivity index (χ4v) is 1.19. The zero-order chi connectivity index (χ0) is 11.4. The Morgan fingerprint density at radius 2 is 1.73 bits per heavy atom. The number of esters is 1. The fourth-order valence-electron chi connectivity index (χ4n) is 1.19. The van der Waals surface area contributed by atoms with Gasteiger partial charge in [-0.3, -0.25) is 0 Å². The minimum atomic E-state index is -0.276. The van der Waals surface area contributed by atoms with Crippen LogP contribution in [0.25, 0.3) is 0 Å². The molecule has 0 bridgehead atoms. The lowest BCUT2D eigenvalue weighted by atomic mass is 10.2. The van der Waals surface area contributed by atoms with E-state index in [1.165, 1.54) is 38.9 Å². The van der Waals surface area contributed by atoms with Crippen molar-refractivity contribution in [1.82, 2.24) is 0 Å². The smallest absolute Gasteiger partial charge is 0.330 e. The second kappa shape index (κ2) is 11.0. The van der Waals surface area contributed by atoms with Crippen LogP contribution in [-0.2, 0) is 9.53 Å². The molecule has 0 saturated heterocycles. The average Bonchev–Trinajstić information content (AvgIpc) is 2.26. The van der Waals surface area contributed by atoms with E-state index in [9.17, 15) is 4.79 Å². The summed E-state index contributed by atoms with van der Waals surface area (Å²) in [6.07, 6.45) is 14.7. The fraction of sp³-hybridized carbons (Fsp3) is 0.615. The highest BCUT2D eigenvalue weighted by Crippen LogP contribution is 2.01. The van der Waals surface area contributed by atoms with Gasteiger partial charge in [-0.1, -0.05) is 38.0 Å². The molecule has 0 aliphatic rings. The largest absolute Gasteiger partial charge is 0.466 e. The summed E-state index contributed by atoms with van der Waals surface area (Å²) in [4.78, 5) is 10.7. The third kappa shape index (κ3) is 10.9. The maximum absolute atomic E-state index is 10.7. The highest BCUT2D eigenvalue weighted by molar-refractivity contribution is 5.81. The molecule has 2 heteroatoms. The van der Waals surface area contributed by atoms with Crippen molar-refractivity contribution in [3.63, 3.8) is 0 Å². The van der Waals surface area contributed by atoms with E-state index in [-0.39, 0.29) is 5.97 Å². The van der Waals surface area contributed by atoms with Crippen molar-refractivity contribution in [2.24, 2.45) is 0 Å². The van der Waals surface area contributed by atoms with Gasteiger partial charge in [0.15, 0.2) is 0 Å². The van der Waals surface area contributed by atoms with E-state index in [4.69, 9.17) is 0 Å². The molecule has 0 radical (unpaired) electrons. The van der Waals surface area contributed by atoms with E-state index in [0.29, 0.717) is 0 Å². The Morgan fingerprint density at radius 3 is 2.40 bits per heavy atom. The molecule has 86 valence electrons. The zero-order valence-electron chi connectivity index (χ0n) is 9.87. The van der Waals surface area contributed by atoms with Gasteiger partial charge in [-0.15, -0.1) is 0 Å². The number of carbonyl (C=O) groups excluding carboxylic acids is 1. The predicted octanol–water partition coefficient (Wildman–Crippen LogP) is 3.63. The highest BCUT2D eigenvalue weighted by atomic mass is 16.5. The number of unbranched alkanes of at least 4 members (excludes halogenated alkanes) is 4. The summed E-state index contributed by atoms with van der Waals surface area (Å²) in [5.41, 5.74) is 0.